The standard InChI is InChI=1S/C15H18O5/c1-18-13(17)14-9-7-5-4-6-8(7)11(14)15(19-2,20-3)12(16)10(9)14/h4-5,7-11H,6H2,1-3H3/t7-,8+,9-,10-,11-,14+/m0/s1. The van der Waals surface area contributed by atoms with E-state index in [2.05, 4.69) is 12.2 Å². The molecule has 108 valence electrons. The molecule has 0 aromatic rings. The van der Waals surface area contributed by atoms with Crippen LogP contribution in [0.2, 0.25) is 0 Å². The van der Waals surface area contributed by atoms with Crippen LogP contribution in [0, 0.1) is 35.0 Å². The predicted octanol–water partition coefficient (Wildman–Crippen LogP) is 0.786. The Bertz CT molecular complexity index is 534. The summed E-state index contributed by atoms with van der Waals surface area (Å²) in [5.74, 6) is -1.57. The maximum atomic E-state index is 12.8. The van der Waals surface area contributed by atoms with Gasteiger partial charge in [0.1, 0.15) is 0 Å². The zero-order valence-corrected chi connectivity index (χ0v) is 11.8. The van der Waals surface area contributed by atoms with Crippen molar-refractivity contribution in [2.24, 2.45) is 35.0 Å². The molecule has 4 rings (SSSR count). The minimum atomic E-state index is -1.28. The second-order valence-corrected chi connectivity index (χ2v) is 6.25. The summed E-state index contributed by atoms with van der Waals surface area (Å²) in [5.41, 5.74) is -0.710. The van der Waals surface area contributed by atoms with E-state index in [4.69, 9.17) is 14.2 Å². The molecule has 20 heavy (non-hydrogen) atoms. The van der Waals surface area contributed by atoms with Crippen molar-refractivity contribution in [1.82, 2.24) is 0 Å². The first-order valence-electron chi connectivity index (χ1n) is 7.01. The number of rotatable bonds is 3. The van der Waals surface area contributed by atoms with Crippen molar-refractivity contribution in [2.45, 2.75) is 12.2 Å². The summed E-state index contributed by atoms with van der Waals surface area (Å²) in [7, 11) is 4.37. The lowest BCUT2D eigenvalue weighted by Crippen LogP contribution is -2.50. The number of carbonyl (C=O) groups is 2. The van der Waals surface area contributed by atoms with Gasteiger partial charge in [-0.2, -0.15) is 0 Å². The molecule has 4 aliphatic carbocycles. The van der Waals surface area contributed by atoms with Crippen LogP contribution in [0.15, 0.2) is 12.2 Å². The van der Waals surface area contributed by atoms with Crippen molar-refractivity contribution < 1.29 is 23.8 Å². The lowest BCUT2D eigenvalue weighted by atomic mass is 9.79. The summed E-state index contributed by atoms with van der Waals surface area (Å²) in [5, 5.41) is 0. The van der Waals surface area contributed by atoms with Gasteiger partial charge in [0.2, 0.25) is 5.79 Å². The van der Waals surface area contributed by atoms with Crippen LogP contribution in [0.5, 0.6) is 0 Å². The van der Waals surface area contributed by atoms with Gasteiger partial charge >= 0.3 is 5.97 Å². The first-order valence-corrected chi connectivity index (χ1v) is 7.01. The van der Waals surface area contributed by atoms with Gasteiger partial charge in [0.05, 0.1) is 12.5 Å². The normalized spacial score (nSPS) is 49.1. The van der Waals surface area contributed by atoms with Crippen LogP contribution in [0.3, 0.4) is 0 Å². The van der Waals surface area contributed by atoms with Gasteiger partial charge in [-0.3, -0.25) is 9.59 Å². The molecule has 0 N–H and O–H groups in total. The first-order chi connectivity index (χ1) is 9.61. The van der Waals surface area contributed by atoms with Crippen molar-refractivity contribution in [3.63, 3.8) is 0 Å². The van der Waals surface area contributed by atoms with Gasteiger partial charge in [-0.05, 0) is 24.2 Å². The maximum absolute atomic E-state index is 12.8. The fraction of sp³-hybridized carbons (Fsp3) is 0.733. The molecule has 5 heteroatoms. The predicted molar refractivity (Wildman–Crippen MR) is 67.4 cm³/mol. The molecule has 0 radical (unpaired) electrons. The van der Waals surface area contributed by atoms with Gasteiger partial charge in [0.25, 0.3) is 0 Å². The number of allylic oxidation sites excluding steroid dienone is 2. The average molecular weight is 278 g/mol. The number of ketones is 1. The maximum Gasteiger partial charge on any atom is 0.313 e. The van der Waals surface area contributed by atoms with E-state index in [0.717, 1.165) is 6.42 Å². The van der Waals surface area contributed by atoms with Crippen molar-refractivity contribution in [3.05, 3.63) is 12.2 Å². The summed E-state index contributed by atoms with van der Waals surface area (Å²) in [6.07, 6.45) is 5.17. The van der Waals surface area contributed by atoms with Gasteiger partial charge in [-0.15, -0.1) is 0 Å². The summed E-state index contributed by atoms with van der Waals surface area (Å²) in [6, 6.07) is 0. The topological polar surface area (TPSA) is 61.8 Å². The molecular weight excluding hydrogens is 260 g/mol. The second kappa shape index (κ2) is 3.52. The first kappa shape index (κ1) is 12.5. The van der Waals surface area contributed by atoms with E-state index in [0.29, 0.717) is 0 Å². The number of hydrogen-bond acceptors (Lipinski definition) is 5. The molecule has 3 fully saturated rings. The highest BCUT2D eigenvalue weighted by atomic mass is 16.7. The van der Waals surface area contributed by atoms with Gasteiger partial charge in [0, 0.05) is 26.1 Å². The highest BCUT2D eigenvalue weighted by Crippen LogP contribution is 2.83. The van der Waals surface area contributed by atoms with Crippen LogP contribution < -0.4 is 0 Å². The van der Waals surface area contributed by atoms with Crippen molar-refractivity contribution in [2.75, 3.05) is 21.3 Å². The van der Waals surface area contributed by atoms with Crippen molar-refractivity contribution in [1.29, 1.82) is 0 Å². The molecule has 0 amide bonds. The van der Waals surface area contributed by atoms with E-state index in [1.165, 1.54) is 21.3 Å². The third-order valence-electron chi connectivity index (χ3n) is 6.12. The van der Waals surface area contributed by atoms with Crippen LogP contribution in [0.4, 0.5) is 0 Å². The summed E-state index contributed by atoms with van der Waals surface area (Å²) >= 11 is 0. The highest BCUT2D eigenvalue weighted by Gasteiger charge is 2.93. The SMILES string of the molecule is COC(=O)[C@@]12[C@H]3[C@H]4C=CC[C@H]4[C@@H]1C(OC)(OC)C(=O)[C@H]32. The summed E-state index contributed by atoms with van der Waals surface area (Å²) in [6.45, 7) is 0. The molecular formula is C15H18O5. The summed E-state index contributed by atoms with van der Waals surface area (Å²) in [4.78, 5) is 25.2. The molecule has 0 aromatic carbocycles. The molecule has 0 aromatic heterocycles. The van der Waals surface area contributed by atoms with Crippen LogP contribution >= 0.6 is 0 Å². The van der Waals surface area contributed by atoms with Crippen molar-refractivity contribution in [3.8, 4) is 0 Å². The molecule has 0 aliphatic heterocycles. The van der Waals surface area contributed by atoms with E-state index in [9.17, 15) is 9.59 Å². The molecule has 0 bridgehead atoms. The zero-order chi connectivity index (χ0) is 14.3. The fourth-order valence-corrected chi connectivity index (χ4v) is 5.62. The molecule has 3 saturated carbocycles. The monoisotopic (exact) mass is 278 g/mol. The third kappa shape index (κ3) is 0.940. The van der Waals surface area contributed by atoms with Crippen LogP contribution in [-0.2, 0) is 23.8 Å². The Morgan fingerprint density at radius 2 is 2.00 bits per heavy atom. The third-order valence-corrected chi connectivity index (χ3v) is 6.12. The Morgan fingerprint density at radius 1 is 1.30 bits per heavy atom. The smallest absolute Gasteiger partial charge is 0.313 e. The van der Waals surface area contributed by atoms with E-state index in [1.807, 2.05) is 0 Å². The van der Waals surface area contributed by atoms with E-state index in [1.54, 1.807) is 0 Å². The second-order valence-electron chi connectivity index (χ2n) is 6.25. The average Bonchev–Trinajstić information content (AvgIpc) is 2.74. The number of carbonyl (C=O) groups excluding carboxylic acids is 2. The zero-order valence-electron chi connectivity index (χ0n) is 11.8. The molecule has 0 saturated heterocycles. The van der Waals surface area contributed by atoms with E-state index in [-0.39, 0.29) is 41.3 Å². The Hall–Kier alpha value is -1.20. The lowest BCUT2D eigenvalue weighted by Gasteiger charge is -2.36. The molecule has 0 spiro atoms. The number of Topliss-reactive ketones (excluding diaryl/α,β-unsaturated/α-hetero) is 1. The number of ether oxygens (including phenoxy) is 3. The van der Waals surface area contributed by atoms with Crippen LogP contribution in [0.25, 0.3) is 0 Å². The fourth-order valence-electron chi connectivity index (χ4n) is 5.62. The van der Waals surface area contributed by atoms with Gasteiger partial charge in [0.15, 0.2) is 5.78 Å². The molecule has 0 heterocycles. The van der Waals surface area contributed by atoms with Crippen LogP contribution in [0.1, 0.15) is 6.42 Å². The van der Waals surface area contributed by atoms with Gasteiger partial charge in [-0.1, -0.05) is 12.2 Å². The van der Waals surface area contributed by atoms with Gasteiger partial charge < -0.3 is 14.2 Å². The minimum Gasteiger partial charge on any atom is -0.469 e. The number of esters is 1. The molecule has 5 nitrogen and oxygen atoms in total. The Kier molecular flexibility index (Phi) is 2.20. The molecule has 6 atom stereocenters. The number of fused-ring (bicyclic) bond motifs is 4. The summed E-state index contributed by atoms with van der Waals surface area (Å²) < 4.78 is 16.1. The van der Waals surface area contributed by atoms with Crippen molar-refractivity contribution >= 4 is 11.8 Å². The lowest BCUT2D eigenvalue weighted by molar-refractivity contribution is -0.234. The highest BCUT2D eigenvalue weighted by molar-refractivity contribution is 6.05. The quantitative estimate of drug-likeness (QED) is 0.434. The number of hydrogen-bond donors (Lipinski definition) is 0. The van der Waals surface area contributed by atoms with Crippen LogP contribution in [-0.4, -0.2) is 38.9 Å². The Morgan fingerprint density at radius 3 is 2.60 bits per heavy atom. The molecule has 4 aliphatic rings. The largest absolute Gasteiger partial charge is 0.469 e. The Labute approximate surface area is 117 Å². The number of methoxy groups -OCH3 is 3. The van der Waals surface area contributed by atoms with E-state index >= 15 is 0 Å². The molecule has 0 unspecified atom stereocenters. The minimum absolute atomic E-state index is 0.0781. The van der Waals surface area contributed by atoms with Gasteiger partial charge in [-0.25, -0.2) is 0 Å². The van der Waals surface area contributed by atoms with E-state index < -0.39 is 11.2 Å². The Balaban J connectivity index is 1.89.